The van der Waals surface area contributed by atoms with Crippen LogP contribution in [0.1, 0.15) is 316 Å². The average molecular weight is 1150 g/mol. The minimum absolute atomic E-state index is 0.108. The molecule has 0 aliphatic rings. The summed E-state index contributed by atoms with van der Waals surface area (Å²) in [5.74, 6) is -0.984. The minimum Gasteiger partial charge on any atom is -0.462 e. The van der Waals surface area contributed by atoms with Crippen LogP contribution in [0.5, 0.6) is 0 Å². The predicted molar refractivity (Wildman–Crippen MR) is 362 cm³/mol. The second-order valence-corrected chi connectivity index (χ2v) is 22.7. The molecule has 0 aromatic carbocycles. The zero-order valence-corrected chi connectivity index (χ0v) is 54.2. The fourth-order valence-corrected chi connectivity index (χ4v) is 9.56. The maximum absolute atomic E-state index is 12.9. The molecule has 1 atom stereocenters. The van der Waals surface area contributed by atoms with Crippen LogP contribution < -0.4 is 0 Å². The van der Waals surface area contributed by atoms with Crippen molar-refractivity contribution in [2.24, 2.45) is 0 Å². The lowest BCUT2D eigenvalue weighted by molar-refractivity contribution is -0.166. The molecule has 83 heavy (non-hydrogen) atoms. The summed E-state index contributed by atoms with van der Waals surface area (Å²) in [6, 6.07) is 0. The molecule has 0 amide bonds. The second kappa shape index (κ2) is 70.0. The number of allylic oxidation sites excluding steroid dienone is 22. The second-order valence-electron chi connectivity index (χ2n) is 22.7. The minimum atomic E-state index is -0.823. The van der Waals surface area contributed by atoms with Crippen LogP contribution in [-0.4, -0.2) is 37.2 Å². The molecule has 1 unspecified atom stereocenters. The van der Waals surface area contributed by atoms with E-state index in [2.05, 4.69) is 148 Å². The lowest BCUT2D eigenvalue weighted by atomic mass is 10.0. The molecule has 472 valence electrons. The number of unbranched alkanes of at least 4 members (excludes halogenated alkanes) is 29. The third-order valence-electron chi connectivity index (χ3n) is 14.7. The third kappa shape index (κ3) is 68.2. The number of carbonyl (C=O) groups is 3. The van der Waals surface area contributed by atoms with Gasteiger partial charge in [-0.05, 0) is 103 Å². The molecule has 0 aliphatic carbocycles. The summed E-state index contributed by atoms with van der Waals surface area (Å²) in [4.78, 5) is 38.4. The van der Waals surface area contributed by atoms with Crippen LogP contribution in [0.15, 0.2) is 134 Å². The van der Waals surface area contributed by atoms with Gasteiger partial charge >= 0.3 is 17.9 Å². The highest BCUT2D eigenvalue weighted by Gasteiger charge is 2.19. The van der Waals surface area contributed by atoms with E-state index in [1.54, 1.807) is 0 Å². The van der Waals surface area contributed by atoms with Crippen LogP contribution in [0.2, 0.25) is 0 Å². The Kier molecular flexibility index (Phi) is 66.3. The van der Waals surface area contributed by atoms with Gasteiger partial charge in [0.05, 0.1) is 0 Å². The molecular formula is C77H128O6. The molecule has 0 fully saturated rings. The van der Waals surface area contributed by atoms with Crippen molar-refractivity contribution in [3.05, 3.63) is 134 Å². The van der Waals surface area contributed by atoms with Gasteiger partial charge in [0.15, 0.2) is 6.10 Å². The smallest absolute Gasteiger partial charge is 0.306 e. The highest BCUT2D eigenvalue weighted by atomic mass is 16.6. The Morgan fingerprint density at radius 2 is 0.494 bits per heavy atom. The molecule has 6 nitrogen and oxygen atoms in total. The summed E-state index contributed by atoms with van der Waals surface area (Å²) < 4.78 is 16.9. The van der Waals surface area contributed by atoms with Crippen LogP contribution in [0.3, 0.4) is 0 Å². The van der Waals surface area contributed by atoms with Gasteiger partial charge < -0.3 is 14.2 Å². The van der Waals surface area contributed by atoms with Gasteiger partial charge in [-0.25, -0.2) is 0 Å². The first-order valence-electron chi connectivity index (χ1n) is 34.7. The fourth-order valence-electron chi connectivity index (χ4n) is 9.56. The Morgan fingerprint density at radius 1 is 0.253 bits per heavy atom. The first kappa shape index (κ1) is 78.5. The topological polar surface area (TPSA) is 78.9 Å². The van der Waals surface area contributed by atoms with Crippen LogP contribution in [0.25, 0.3) is 0 Å². The standard InChI is InChI=1S/C77H128O6/c1-4-7-10-13-16-19-22-25-28-31-33-34-35-36-37-38-39-40-41-42-44-46-49-52-55-58-61-64-67-70-76(79)82-73-74(72-81-75(78)69-66-63-60-57-54-51-48-45-30-27-24-21-18-15-12-9-6-3)83-77(80)71-68-65-62-59-56-53-50-47-43-32-29-26-23-20-17-14-11-8-5-2/h7-8,10-11,16-17,19-20,25-26,28-29,33-34,36-37,43,47,53,56,62,65,74H,4-6,9,12-15,18,21-24,27,30-32,35,38-42,44-46,48-52,54-55,57-61,63-64,66-73H2,1-3H3/b10-7-,11-8-,19-16-,20-17-,28-25-,29-26-,34-33-,37-36-,47-43-,56-53-,65-62-. The van der Waals surface area contributed by atoms with E-state index in [-0.39, 0.29) is 31.6 Å². The molecule has 0 radical (unpaired) electrons. The Balaban J connectivity index is 4.39. The number of hydrogen-bond acceptors (Lipinski definition) is 6. The molecule has 0 aromatic rings. The van der Waals surface area contributed by atoms with E-state index in [1.807, 2.05) is 6.08 Å². The molecular weight excluding hydrogens is 1020 g/mol. The Labute approximate surface area is 513 Å². The van der Waals surface area contributed by atoms with Gasteiger partial charge in [-0.15, -0.1) is 0 Å². The molecule has 6 heteroatoms. The fraction of sp³-hybridized carbons (Fsp3) is 0.675. The highest BCUT2D eigenvalue weighted by Crippen LogP contribution is 2.17. The average Bonchev–Trinajstić information content (AvgIpc) is 3.50. The van der Waals surface area contributed by atoms with E-state index < -0.39 is 12.1 Å². The van der Waals surface area contributed by atoms with Crippen LogP contribution in [0, 0.1) is 0 Å². The molecule has 0 spiro atoms. The lowest BCUT2D eigenvalue weighted by Gasteiger charge is -2.18. The summed E-state index contributed by atoms with van der Waals surface area (Å²) in [5, 5.41) is 0. The van der Waals surface area contributed by atoms with Crippen molar-refractivity contribution in [3.63, 3.8) is 0 Å². The summed E-state index contributed by atoms with van der Waals surface area (Å²) in [5.41, 5.74) is 0. The van der Waals surface area contributed by atoms with Crippen LogP contribution in [0.4, 0.5) is 0 Å². The summed E-state index contributed by atoms with van der Waals surface area (Å²) in [7, 11) is 0. The maximum atomic E-state index is 12.9. The maximum Gasteiger partial charge on any atom is 0.306 e. The van der Waals surface area contributed by atoms with Crippen molar-refractivity contribution in [1.82, 2.24) is 0 Å². The molecule has 0 aromatic heterocycles. The number of esters is 3. The number of carbonyl (C=O) groups excluding carboxylic acids is 3. The van der Waals surface area contributed by atoms with E-state index in [1.165, 1.54) is 161 Å². The van der Waals surface area contributed by atoms with Crippen molar-refractivity contribution in [2.75, 3.05) is 13.2 Å². The zero-order valence-electron chi connectivity index (χ0n) is 54.2. The predicted octanol–water partition coefficient (Wildman–Crippen LogP) is 24.1. The van der Waals surface area contributed by atoms with Crippen molar-refractivity contribution in [1.29, 1.82) is 0 Å². The first-order valence-corrected chi connectivity index (χ1v) is 34.7. The van der Waals surface area contributed by atoms with Gasteiger partial charge in [0.25, 0.3) is 0 Å². The molecule has 0 saturated carbocycles. The van der Waals surface area contributed by atoms with Crippen molar-refractivity contribution in [3.8, 4) is 0 Å². The van der Waals surface area contributed by atoms with Gasteiger partial charge in [-0.3, -0.25) is 14.4 Å². The highest BCUT2D eigenvalue weighted by molar-refractivity contribution is 5.71. The van der Waals surface area contributed by atoms with Gasteiger partial charge in [0.2, 0.25) is 0 Å². The van der Waals surface area contributed by atoms with Crippen LogP contribution >= 0.6 is 0 Å². The van der Waals surface area contributed by atoms with E-state index in [4.69, 9.17) is 14.2 Å². The van der Waals surface area contributed by atoms with E-state index in [0.717, 1.165) is 109 Å². The molecule has 0 heterocycles. The molecule has 0 rings (SSSR count). The summed E-state index contributed by atoms with van der Waals surface area (Å²) in [6.07, 6.45) is 99.1. The Morgan fingerprint density at radius 3 is 0.783 bits per heavy atom. The van der Waals surface area contributed by atoms with Gasteiger partial charge in [0.1, 0.15) is 13.2 Å². The lowest BCUT2D eigenvalue weighted by Crippen LogP contribution is -2.30. The van der Waals surface area contributed by atoms with Gasteiger partial charge in [-0.1, -0.05) is 328 Å². The van der Waals surface area contributed by atoms with Crippen molar-refractivity contribution in [2.45, 2.75) is 322 Å². The normalized spacial score (nSPS) is 13.0. The van der Waals surface area contributed by atoms with Crippen LogP contribution in [-0.2, 0) is 28.6 Å². The molecule has 0 bridgehead atoms. The van der Waals surface area contributed by atoms with Crippen molar-refractivity contribution >= 4 is 17.9 Å². The number of ether oxygens (including phenoxy) is 3. The van der Waals surface area contributed by atoms with Crippen molar-refractivity contribution < 1.29 is 28.6 Å². The van der Waals surface area contributed by atoms with E-state index >= 15 is 0 Å². The summed E-state index contributed by atoms with van der Waals surface area (Å²) in [6.45, 7) is 6.38. The summed E-state index contributed by atoms with van der Waals surface area (Å²) >= 11 is 0. The Hall–Kier alpha value is -4.45. The van der Waals surface area contributed by atoms with E-state index in [0.29, 0.717) is 19.3 Å². The largest absolute Gasteiger partial charge is 0.462 e. The number of hydrogen-bond donors (Lipinski definition) is 0. The molecule has 0 aliphatic heterocycles. The van der Waals surface area contributed by atoms with Gasteiger partial charge in [-0.2, -0.15) is 0 Å². The number of rotatable bonds is 62. The Bertz CT molecular complexity index is 1750. The first-order chi connectivity index (χ1) is 41.0. The quantitative estimate of drug-likeness (QED) is 0.0261. The zero-order chi connectivity index (χ0) is 59.9. The third-order valence-corrected chi connectivity index (χ3v) is 14.7. The molecule has 0 saturated heterocycles. The van der Waals surface area contributed by atoms with Gasteiger partial charge in [0, 0.05) is 19.3 Å². The monoisotopic (exact) mass is 1150 g/mol. The SMILES string of the molecule is CC/C=C\C/C=C\C/C=C\C/C=C\C/C=C\C/C=C\CCC(=O)OC(COC(=O)CCCCCCCCCCCCCCC/C=C\C/C=C\C/C=C\C/C=C\C/C=C\CC)COC(=O)CCCCCCCCCCCCCCCCCCC. The molecule has 0 N–H and O–H groups in total. The van der Waals surface area contributed by atoms with E-state index in [9.17, 15) is 14.4 Å².